The van der Waals surface area contributed by atoms with E-state index in [0.717, 1.165) is 6.07 Å². The van der Waals surface area contributed by atoms with Gasteiger partial charge in [0, 0.05) is 6.07 Å². The van der Waals surface area contributed by atoms with Crippen LogP contribution in [-0.2, 0) is 4.79 Å². The third-order valence-corrected chi connectivity index (χ3v) is 1.69. The lowest BCUT2D eigenvalue weighted by Crippen LogP contribution is -2.25. The molecule has 0 aliphatic carbocycles. The molecule has 0 saturated carbocycles. The summed E-state index contributed by atoms with van der Waals surface area (Å²) in [6.07, 6.45) is 0. The summed E-state index contributed by atoms with van der Waals surface area (Å²) in [6.45, 7) is 6.85. The smallest absolute Gasteiger partial charge is 0.339 e. The molecule has 0 unspecified atom stereocenters. The second-order valence-corrected chi connectivity index (χ2v) is 4.36. The number of hydrogen-bond acceptors (Lipinski definition) is 4. The Kier molecular flexibility index (Phi) is 2.98. The van der Waals surface area contributed by atoms with Crippen molar-refractivity contribution >= 4 is 5.97 Å². The van der Waals surface area contributed by atoms with E-state index in [1.807, 2.05) is 0 Å². The first kappa shape index (κ1) is 11.5. The minimum atomic E-state index is -0.593. The van der Waals surface area contributed by atoms with Crippen molar-refractivity contribution in [3.05, 3.63) is 28.3 Å². The van der Waals surface area contributed by atoms with Gasteiger partial charge in [0.15, 0.2) is 0 Å². The molecule has 0 fully saturated rings. The third-order valence-electron chi connectivity index (χ3n) is 1.69. The van der Waals surface area contributed by atoms with E-state index in [-0.39, 0.29) is 11.7 Å². The molecule has 0 bridgehead atoms. The Morgan fingerprint density at radius 2 is 1.93 bits per heavy atom. The molecule has 82 valence electrons. The van der Waals surface area contributed by atoms with Crippen molar-refractivity contribution in [1.29, 1.82) is 0 Å². The zero-order valence-electron chi connectivity index (χ0n) is 9.29. The molecule has 4 nitrogen and oxygen atoms in total. The number of aryl methyl sites for hydroxylation is 1. The fraction of sp³-hybridized carbons (Fsp3) is 0.455. The molecule has 1 aromatic heterocycles. The standard InChI is InChI=1S/C11H14O4/c1-7-5-8(6-9(12)14-7)15-10(13)11(2,3)4/h5-6H,1-4H3. The minimum Gasteiger partial charge on any atom is -0.428 e. The van der Waals surface area contributed by atoms with E-state index in [1.165, 1.54) is 6.07 Å². The molecule has 15 heavy (non-hydrogen) atoms. The van der Waals surface area contributed by atoms with Crippen LogP contribution in [0.1, 0.15) is 26.5 Å². The molecule has 1 heterocycles. The van der Waals surface area contributed by atoms with Crippen molar-refractivity contribution in [3.8, 4) is 5.75 Å². The maximum Gasteiger partial charge on any atom is 0.339 e. The van der Waals surface area contributed by atoms with Gasteiger partial charge < -0.3 is 9.15 Å². The van der Waals surface area contributed by atoms with Crippen LogP contribution in [0.3, 0.4) is 0 Å². The van der Waals surface area contributed by atoms with E-state index in [4.69, 9.17) is 9.15 Å². The Morgan fingerprint density at radius 1 is 1.33 bits per heavy atom. The fourth-order valence-electron chi connectivity index (χ4n) is 0.895. The van der Waals surface area contributed by atoms with E-state index in [9.17, 15) is 9.59 Å². The van der Waals surface area contributed by atoms with Gasteiger partial charge in [0.05, 0.1) is 11.5 Å². The quantitative estimate of drug-likeness (QED) is 0.664. The summed E-state index contributed by atoms with van der Waals surface area (Å²) in [6, 6.07) is 2.65. The SMILES string of the molecule is Cc1cc(OC(=O)C(C)(C)C)cc(=O)o1. The average Bonchev–Trinajstić information content (AvgIpc) is 1.99. The highest BCUT2D eigenvalue weighted by Gasteiger charge is 2.23. The molecule has 4 heteroatoms. The van der Waals surface area contributed by atoms with Crippen LogP contribution in [0.15, 0.2) is 21.3 Å². The number of carbonyl (C=O) groups is 1. The summed E-state index contributed by atoms with van der Waals surface area (Å²) < 4.78 is 9.78. The summed E-state index contributed by atoms with van der Waals surface area (Å²) in [5.41, 5.74) is -1.11. The first-order chi connectivity index (χ1) is 6.79. The average molecular weight is 210 g/mol. The summed E-state index contributed by atoms with van der Waals surface area (Å²) in [7, 11) is 0. The number of carbonyl (C=O) groups excluding carboxylic acids is 1. The van der Waals surface area contributed by atoms with E-state index in [2.05, 4.69) is 0 Å². The Morgan fingerprint density at radius 3 is 2.40 bits per heavy atom. The molecule has 0 aliphatic heterocycles. The van der Waals surface area contributed by atoms with Crippen LogP contribution >= 0.6 is 0 Å². The molecular formula is C11H14O4. The molecule has 0 saturated heterocycles. The fourth-order valence-corrected chi connectivity index (χ4v) is 0.895. The van der Waals surface area contributed by atoms with Crippen LogP contribution in [0.25, 0.3) is 0 Å². The molecule has 1 rings (SSSR count). The molecule has 0 aromatic carbocycles. The zero-order valence-corrected chi connectivity index (χ0v) is 9.29. The third kappa shape index (κ3) is 3.23. The highest BCUT2D eigenvalue weighted by molar-refractivity contribution is 5.77. The lowest BCUT2D eigenvalue weighted by molar-refractivity contribution is -0.143. The van der Waals surface area contributed by atoms with Gasteiger partial charge in [0.25, 0.3) is 0 Å². The molecule has 0 radical (unpaired) electrons. The Labute approximate surface area is 87.9 Å². The normalized spacial score (nSPS) is 11.2. The topological polar surface area (TPSA) is 56.5 Å². The van der Waals surface area contributed by atoms with Gasteiger partial charge in [-0.25, -0.2) is 4.79 Å². The van der Waals surface area contributed by atoms with Crippen LogP contribution < -0.4 is 10.4 Å². The summed E-state index contributed by atoms with van der Waals surface area (Å²) >= 11 is 0. The Balaban J connectivity index is 2.91. The van der Waals surface area contributed by atoms with Crippen LogP contribution in [0, 0.1) is 12.3 Å². The first-order valence-electron chi connectivity index (χ1n) is 4.63. The van der Waals surface area contributed by atoms with Gasteiger partial charge in [-0.1, -0.05) is 0 Å². The predicted octanol–water partition coefficient (Wildman–Crippen LogP) is 1.90. The predicted molar refractivity (Wildman–Crippen MR) is 54.8 cm³/mol. The first-order valence-corrected chi connectivity index (χ1v) is 4.63. The number of ether oxygens (including phenoxy) is 1. The molecule has 0 spiro atoms. The molecule has 0 N–H and O–H groups in total. The van der Waals surface area contributed by atoms with Gasteiger partial charge in [-0.2, -0.15) is 0 Å². The molecule has 0 aliphatic rings. The van der Waals surface area contributed by atoms with Gasteiger partial charge in [-0.15, -0.1) is 0 Å². The van der Waals surface area contributed by atoms with E-state index < -0.39 is 11.0 Å². The maximum absolute atomic E-state index is 11.5. The van der Waals surface area contributed by atoms with Crippen LogP contribution in [0.2, 0.25) is 0 Å². The van der Waals surface area contributed by atoms with Crippen molar-refractivity contribution in [2.75, 3.05) is 0 Å². The largest absolute Gasteiger partial charge is 0.428 e. The number of hydrogen-bond donors (Lipinski definition) is 0. The molecule has 1 aromatic rings. The van der Waals surface area contributed by atoms with Crippen molar-refractivity contribution in [1.82, 2.24) is 0 Å². The molecule has 0 atom stereocenters. The second kappa shape index (κ2) is 3.88. The van der Waals surface area contributed by atoms with Crippen molar-refractivity contribution in [3.63, 3.8) is 0 Å². The van der Waals surface area contributed by atoms with Gasteiger partial charge in [-0.05, 0) is 27.7 Å². The summed E-state index contributed by atoms with van der Waals surface area (Å²) in [4.78, 5) is 22.5. The second-order valence-electron chi connectivity index (χ2n) is 4.36. The van der Waals surface area contributed by atoms with E-state index in [1.54, 1.807) is 27.7 Å². The highest BCUT2D eigenvalue weighted by atomic mass is 16.5. The lowest BCUT2D eigenvalue weighted by Gasteiger charge is -2.15. The number of esters is 1. The monoisotopic (exact) mass is 210 g/mol. The maximum atomic E-state index is 11.5. The summed E-state index contributed by atoms with van der Waals surface area (Å²) in [5, 5.41) is 0. The lowest BCUT2D eigenvalue weighted by atomic mass is 9.97. The molecular weight excluding hydrogens is 196 g/mol. The van der Waals surface area contributed by atoms with Crippen LogP contribution in [-0.4, -0.2) is 5.97 Å². The van der Waals surface area contributed by atoms with Crippen molar-refractivity contribution in [2.24, 2.45) is 5.41 Å². The minimum absolute atomic E-state index is 0.226. The van der Waals surface area contributed by atoms with Gasteiger partial charge in [-0.3, -0.25) is 4.79 Å². The van der Waals surface area contributed by atoms with Crippen molar-refractivity contribution < 1.29 is 13.9 Å². The van der Waals surface area contributed by atoms with Crippen LogP contribution in [0.5, 0.6) is 5.75 Å². The van der Waals surface area contributed by atoms with E-state index in [0.29, 0.717) is 5.76 Å². The Bertz CT molecular complexity index is 423. The van der Waals surface area contributed by atoms with E-state index >= 15 is 0 Å². The summed E-state index contributed by atoms with van der Waals surface area (Å²) in [5.74, 6) is 0.260. The highest BCUT2D eigenvalue weighted by Crippen LogP contribution is 2.18. The zero-order chi connectivity index (χ0) is 11.6. The van der Waals surface area contributed by atoms with Gasteiger partial charge in [0.1, 0.15) is 11.5 Å². The Hall–Kier alpha value is -1.58. The molecule has 0 amide bonds. The van der Waals surface area contributed by atoms with Crippen LogP contribution in [0.4, 0.5) is 0 Å². The number of rotatable bonds is 1. The van der Waals surface area contributed by atoms with Gasteiger partial charge in [0.2, 0.25) is 0 Å². The van der Waals surface area contributed by atoms with Gasteiger partial charge >= 0.3 is 11.6 Å². The van der Waals surface area contributed by atoms with Crippen molar-refractivity contribution in [2.45, 2.75) is 27.7 Å².